The Labute approximate surface area is 162 Å². The lowest BCUT2D eigenvalue weighted by Gasteiger charge is -2.17. The Kier molecular flexibility index (Phi) is 6.44. The predicted molar refractivity (Wildman–Crippen MR) is 99.7 cm³/mol. The molecule has 0 N–H and O–H groups in total. The molecule has 0 atom stereocenters. The van der Waals surface area contributed by atoms with Gasteiger partial charge in [-0.15, -0.1) is 0 Å². The molecule has 0 aliphatic heterocycles. The maximum absolute atomic E-state index is 12.9. The van der Waals surface area contributed by atoms with Gasteiger partial charge in [0.15, 0.2) is 6.61 Å². The highest BCUT2D eigenvalue weighted by atomic mass is 19.1. The monoisotopic (exact) mass is 387 g/mol. The van der Waals surface area contributed by atoms with Crippen LogP contribution >= 0.6 is 0 Å². The number of hydrogen-bond acceptors (Lipinski definition) is 7. The molecule has 0 fully saturated rings. The van der Waals surface area contributed by atoms with E-state index in [-0.39, 0.29) is 12.4 Å². The molecule has 0 aliphatic carbocycles. The molecular formula is C20H22FN3O4. The fourth-order valence-electron chi connectivity index (χ4n) is 2.65. The summed E-state index contributed by atoms with van der Waals surface area (Å²) in [5, 5.41) is 3.91. The molecule has 0 spiro atoms. The molecule has 0 amide bonds. The van der Waals surface area contributed by atoms with Gasteiger partial charge in [0.1, 0.15) is 23.1 Å². The van der Waals surface area contributed by atoms with Crippen molar-refractivity contribution in [3.8, 4) is 17.2 Å². The van der Waals surface area contributed by atoms with Gasteiger partial charge in [0.25, 0.3) is 0 Å². The van der Waals surface area contributed by atoms with Gasteiger partial charge in [0.05, 0.1) is 20.8 Å². The Morgan fingerprint density at radius 3 is 2.46 bits per heavy atom. The lowest BCUT2D eigenvalue weighted by atomic mass is 10.2. The molecule has 8 heteroatoms. The van der Waals surface area contributed by atoms with Gasteiger partial charge in [-0.05, 0) is 37.4 Å². The third-order valence-corrected chi connectivity index (χ3v) is 4.03. The molecule has 7 nitrogen and oxygen atoms in total. The Balaban J connectivity index is 1.55. The first kappa shape index (κ1) is 19.6. The van der Waals surface area contributed by atoms with E-state index in [1.54, 1.807) is 26.4 Å². The normalized spacial score (nSPS) is 10.9. The fraction of sp³-hybridized carbons (Fsp3) is 0.300. The highest BCUT2D eigenvalue weighted by Gasteiger charge is 2.13. The number of aromatic nitrogens is 2. The van der Waals surface area contributed by atoms with E-state index in [0.717, 1.165) is 17.1 Å². The molecular weight excluding hydrogens is 365 g/mol. The second-order valence-electron chi connectivity index (χ2n) is 6.20. The van der Waals surface area contributed by atoms with Crippen molar-refractivity contribution in [1.29, 1.82) is 0 Å². The van der Waals surface area contributed by atoms with Gasteiger partial charge >= 0.3 is 0 Å². The molecule has 0 saturated heterocycles. The minimum atomic E-state index is -0.314. The number of rotatable bonds is 9. The first-order valence-corrected chi connectivity index (χ1v) is 8.66. The summed E-state index contributed by atoms with van der Waals surface area (Å²) < 4.78 is 34.3. The van der Waals surface area contributed by atoms with Crippen molar-refractivity contribution in [3.63, 3.8) is 0 Å². The second kappa shape index (κ2) is 9.18. The summed E-state index contributed by atoms with van der Waals surface area (Å²) in [7, 11) is 5.19. The standard InChI is InChI=1S/C20H22FN3O4/c1-24(11-14-4-7-17(25-2)10-18(14)26-3)12-20-22-19(23-28-20)13-27-16-8-5-15(21)6-9-16/h4-10H,11-13H2,1-3H3. The van der Waals surface area contributed by atoms with Gasteiger partial charge in [0, 0.05) is 18.2 Å². The molecule has 148 valence electrons. The van der Waals surface area contributed by atoms with Crippen LogP contribution < -0.4 is 14.2 Å². The van der Waals surface area contributed by atoms with Gasteiger partial charge in [-0.25, -0.2) is 4.39 Å². The molecule has 0 bridgehead atoms. The summed E-state index contributed by atoms with van der Waals surface area (Å²) in [5.74, 6) is 2.63. The average Bonchev–Trinajstić information content (AvgIpc) is 3.15. The Bertz CT molecular complexity index is 899. The van der Waals surface area contributed by atoms with Gasteiger partial charge in [-0.3, -0.25) is 4.90 Å². The van der Waals surface area contributed by atoms with E-state index in [2.05, 4.69) is 10.1 Å². The number of nitrogens with zero attached hydrogens (tertiary/aromatic N) is 3. The van der Waals surface area contributed by atoms with Crippen LogP contribution in [0.1, 0.15) is 17.3 Å². The van der Waals surface area contributed by atoms with Crippen LogP contribution in [-0.2, 0) is 19.7 Å². The van der Waals surface area contributed by atoms with Gasteiger partial charge in [0.2, 0.25) is 11.7 Å². The van der Waals surface area contributed by atoms with Crippen LogP contribution in [0.2, 0.25) is 0 Å². The summed E-state index contributed by atoms with van der Waals surface area (Å²) in [6.07, 6.45) is 0. The Hall–Kier alpha value is -3.13. The molecule has 1 aromatic heterocycles. The second-order valence-corrected chi connectivity index (χ2v) is 6.20. The number of hydrogen-bond donors (Lipinski definition) is 0. The molecule has 0 saturated carbocycles. The van der Waals surface area contributed by atoms with Gasteiger partial charge in [-0.1, -0.05) is 11.2 Å². The van der Waals surface area contributed by atoms with Gasteiger partial charge in [-0.2, -0.15) is 4.98 Å². The third-order valence-electron chi connectivity index (χ3n) is 4.03. The number of ether oxygens (including phenoxy) is 3. The number of halogens is 1. The molecule has 28 heavy (non-hydrogen) atoms. The van der Waals surface area contributed by atoms with Crippen molar-refractivity contribution in [2.45, 2.75) is 19.7 Å². The van der Waals surface area contributed by atoms with Gasteiger partial charge < -0.3 is 18.7 Å². The first-order valence-electron chi connectivity index (χ1n) is 8.66. The van der Waals surface area contributed by atoms with E-state index < -0.39 is 0 Å². The van der Waals surface area contributed by atoms with Crippen LogP contribution in [0.25, 0.3) is 0 Å². The van der Waals surface area contributed by atoms with Crippen LogP contribution in [0, 0.1) is 5.82 Å². The van der Waals surface area contributed by atoms with E-state index in [9.17, 15) is 4.39 Å². The summed E-state index contributed by atoms with van der Waals surface area (Å²) in [4.78, 5) is 6.35. The lowest BCUT2D eigenvalue weighted by Crippen LogP contribution is -2.18. The summed E-state index contributed by atoms with van der Waals surface area (Å²) >= 11 is 0. The highest BCUT2D eigenvalue weighted by molar-refractivity contribution is 5.40. The van der Waals surface area contributed by atoms with Crippen molar-refractivity contribution < 1.29 is 23.1 Å². The van der Waals surface area contributed by atoms with Crippen LogP contribution in [0.3, 0.4) is 0 Å². The van der Waals surface area contributed by atoms with Crippen LogP contribution in [0.15, 0.2) is 47.0 Å². The van der Waals surface area contributed by atoms with Crippen molar-refractivity contribution in [3.05, 3.63) is 65.6 Å². The smallest absolute Gasteiger partial charge is 0.240 e. The van der Waals surface area contributed by atoms with Crippen molar-refractivity contribution in [1.82, 2.24) is 15.0 Å². The minimum Gasteiger partial charge on any atom is -0.497 e. The topological polar surface area (TPSA) is 69.9 Å². The zero-order valence-electron chi connectivity index (χ0n) is 16.0. The quantitative estimate of drug-likeness (QED) is 0.557. The third kappa shape index (κ3) is 5.20. The van der Waals surface area contributed by atoms with Crippen molar-refractivity contribution in [2.24, 2.45) is 0 Å². The van der Waals surface area contributed by atoms with E-state index in [1.165, 1.54) is 12.1 Å². The first-order chi connectivity index (χ1) is 13.6. The molecule has 0 aliphatic rings. The minimum absolute atomic E-state index is 0.144. The highest BCUT2D eigenvalue weighted by Crippen LogP contribution is 2.25. The van der Waals surface area contributed by atoms with E-state index in [4.69, 9.17) is 18.7 Å². The maximum Gasteiger partial charge on any atom is 0.240 e. The fourth-order valence-corrected chi connectivity index (χ4v) is 2.65. The predicted octanol–water partition coefficient (Wildman–Crippen LogP) is 3.44. The molecule has 1 heterocycles. The number of benzene rings is 2. The van der Waals surface area contributed by atoms with E-state index in [0.29, 0.717) is 30.6 Å². The summed E-state index contributed by atoms with van der Waals surface area (Å²) in [6.45, 7) is 1.25. The van der Waals surface area contributed by atoms with E-state index >= 15 is 0 Å². The SMILES string of the molecule is COc1ccc(CN(C)Cc2nc(COc3ccc(F)cc3)no2)c(OC)c1. The Morgan fingerprint density at radius 1 is 1.00 bits per heavy atom. The summed E-state index contributed by atoms with van der Waals surface area (Å²) in [5.41, 5.74) is 1.02. The maximum atomic E-state index is 12.9. The van der Waals surface area contributed by atoms with E-state index in [1.807, 2.05) is 30.1 Å². The number of methoxy groups -OCH3 is 2. The summed E-state index contributed by atoms with van der Waals surface area (Å²) in [6, 6.07) is 11.5. The lowest BCUT2D eigenvalue weighted by molar-refractivity contribution is 0.253. The molecule has 3 rings (SSSR count). The molecule has 0 radical (unpaired) electrons. The van der Waals surface area contributed by atoms with Crippen molar-refractivity contribution >= 4 is 0 Å². The van der Waals surface area contributed by atoms with Crippen LogP contribution in [-0.4, -0.2) is 36.3 Å². The van der Waals surface area contributed by atoms with Crippen molar-refractivity contribution in [2.75, 3.05) is 21.3 Å². The largest absolute Gasteiger partial charge is 0.497 e. The zero-order chi connectivity index (χ0) is 19.9. The molecule has 3 aromatic rings. The molecule has 0 unspecified atom stereocenters. The van der Waals surface area contributed by atoms with Crippen LogP contribution in [0.5, 0.6) is 17.2 Å². The average molecular weight is 387 g/mol. The zero-order valence-corrected chi connectivity index (χ0v) is 16.0. The Morgan fingerprint density at radius 2 is 1.75 bits per heavy atom. The van der Waals surface area contributed by atoms with Crippen LogP contribution in [0.4, 0.5) is 4.39 Å². The molecule has 2 aromatic carbocycles.